The molecule has 1 atom stereocenters. The molecular formula is C12H24N2O. The summed E-state index contributed by atoms with van der Waals surface area (Å²) in [7, 11) is 0. The molecule has 0 bridgehead atoms. The summed E-state index contributed by atoms with van der Waals surface area (Å²) in [6, 6.07) is 0.498. The lowest BCUT2D eigenvalue weighted by Gasteiger charge is -2.39. The normalized spacial score (nSPS) is 27.3. The van der Waals surface area contributed by atoms with Gasteiger partial charge in [0.15, 0.2) is 0 Å². The number of hydrogen-bond donors (Lipinski definition) is 2. The number of likely N-dealkylation sites (N-methyl/N-ethyl adjacent to an activating group) is 1. The average Bonchev–Trinajstić information content (AvgIpc) is 2.09. The Hall–Kier alpha value is -0.570. The Morgan fingerprint density at radius 1 is 1.33 bits per heavy atom. The second-order valence-corrected chi connectivity index (χ2v) is 4.96. The van der Waals surface area contributed by atoms with Crippen LogP contribution in [0.25, 0.3) is 0 Å². The minimum atomic E-state index is -0.0527. The van der Waals surface area contributed by atoms with Crippen LogP contribution in [0.2, 0.25) is 0 Å². The second kappa shape index (κ2) is 5.50. The van der Waals surface area contributed by atoms with Gasteiger partial charge in [0.05, 0.1) is 6.04 Å². The molecule has 0 saturated heterocycles. The van der Waals surface area contributed by atoms with Gasteiger partial charge < -0.3 is 10.6 Å². The van der Waals surface area contributed by atoms with Gasteiger partial charge in [-0.25, -0.2) is 0 Å². The van der Waals surface area contributed by atoms with Crippen molar-refractivity contribution in [3.05, 3.63) is 0 Å². The van der Waals surface area contributed by atoms with Crippen molar-refractivity contribution >= 4 is 5.91 Å². The van der Waals surface area contributed by atoms with E-state index in [0.29, 0.717) is 12.6 Å². The van der Waals surface area contributed by atoms with Crippen molar-refractivity contribution in [1.82, 2.24) is 10.6 Å². The molecule has 0 aromatic heterocycles. The molecule has 0 spiro atoms. The predicted octanol–water partition coefficient (Wildman–Crippen LogP) is 1.54. The summed E-state index contributed by atoms with van der Waals surface area (Å²) in [6.07, 6.45) is 2.45. The molecule has 1 saturated carbocycles. The molecule has 3 nitrogen and oxygen atoms in total. The van der Waals surface area contributed by atoms with Crippen molar-refractivity contribution in [3.8, 4) is 0 Å². The summed E-state index contributed by atoms with van der Waals surface area (Å²) in [4.78, 5) is 11.5. The minimum Gasteiger partial charge on any atom is -0.355 e. The number of carbonyl (C=O) groups excluding carboxylic acids is 1. The van der Waals surface area contributed by atoms with Crippen molar-refractivity contribution in [3.63, 3.8) is 0 Å². The molecule has 1 fully saturated rings. The lowest BCUT2D eigenvalue weighted by atomic mass is 9.73. The monoisotopic (exact) mass is 212 g/mol. The number of rotatable bonds is 5. The van der Waals surface area contributed by atoms with Crippen molar-refractivity contribution in [1.29, 1.82) is 0 Å². The molecule has 2 N–H and O–H groups in total. The molecule has 0 heterocycles. The second-order valence-electron chi connectivity index (χ2n) is 4.96. The Balaban J connectivity index is 2.18. The summed E-state index contributed by atoms with van der Waals surface area (Å²) in [6.45, 7) is 9.14. The van der Waals surface area contributed by atoms with Crippen LogP contribution in [0.5, 0.6) is 0 Å². The highest BCUT2D eigenvalue weighted by atomic mass is 16.2. The van der Waals surface area contributed by atoms with Gasteiger partial charge >= 0.3 is 0 Å². The Bertz CT molecular complexity index is 210. The zero-order valence-electron chi connectivity index (χ0n) is 10.3. The van der Waals surface area contributed by atoms with Crippen LogP contribution >= 0.6 is 0 Å². The molecule has 1 rings (SSSR count). The first-order chi connectivity index (χ1) is 7.04. The topological polar surface area (TPSA) is 41.1 Å². The van der Waals surface area contributed by atoms with E-state index < -0.39 is 0 Å². The molecule has 0 aromatic rings. The third-order valence-corrected chi connectivity index (χ3v) is 3.35. The van der Waals surface area contributed by atoms with Crippen LogP contribution in [-0.4, -0.2) is 24.5 Å². The van der Waals surface area contributed by atoms with Crippen molar-refractivity contribution in [2.24, 2.45) is 11.8 Å². The van der Waals surface area contributed by atoms with E-state index in [4.69, 9.17) is 0 Å². The average molecular weight is 212 g/mol. The number of amides is 1. The Morgan fingerprint density at radius 2 is 1.93 bits per heavy atom. The van der Waals surface area contributed by atoms with Crippen LogP contribution in [0.3, 0.4) is 0 Å². The SMILES string of the molecule is CCNC(=O)C(C)NC1CC(C(C)C)C1. The van der Waals surface area contributed by atoms with Gasteiger partial charge in [0.1, 0.15) is 0 Å². The summed E-state index contributed by atoms with van der Waals surface area (Å²) in [5, 5.41) is 6.21. The molecule has 88 valence electrons. The van der Waals surface area contributed by atoms with Gasteiger partial charge in [-0.3, -0.25) is 4.79 Å². The van der Waals surface area contributed by atoms with Gasteiger partial charge in [0.25, 0.3) is 0 Å². The molecule has 0 aliphatic heterocycles. The van der Waals surface area contributed by atoms with Crippen molar-refractivity contribution < 1.29 is 4.79 Å². The molecule has 15 heavy (non-hydrogen) atoms. The number of carbonyl (C=O) groups is 1. The third-order valence-electron chi connectivity index (χ3n) is 3.35. The zero-order valence-corrected chi connectivity index (χ0v) is 10.3. The van der Waals surface area contributed by atoms with Crippen LogP contribution in [-0.2, 0) is 4.79 Å². The first-order valence-corrected chi connectivity index (χ1v) is 6.08. The van der Waals surface area contributed by atoms with Gasteiger partial charge in [-0.2, -0.15) is 0 Å². The summed E-state index contributed by atoms with van der Waals surface area (Å²) in [5.41, 5.74) is 0. The summed E-state index contributed by atoms with van der Waals surface area (Å²) < 4.78 is 0. The minimum absolute atomic E-state index is 0.0527. The van der Waals surface area contributed by atoms with Gasteiger partial charge in [0, 0.05) is 12.6 Å². The predicted molar refractivity (Wildman–Crippen MR) is 62.6 cm³/mol. The Kier molecular flexibility index (Phi) is 4.58. The zero-order chi connectivity index (χ0) is 11.4. The van der Waals surface area contributed by atoms with Crippen LogP contribution in [0.15, 0.2) is 0 Å². The van der Waals surface area contributed by atoms with E-state index in [9.17, 15) is 4.79 Å². The van der Waals surface area contributed by atoms with E-state index in [-0.39, 0.29) is 11.9 Å². The maximum atomic E-state index is 11.5. The molecule has 3 heteroatoms. The van der Waals surface area contributed by atoms with Crippen LogP contribution in [0.1, 0.15) is 40.5 Å². The first kappa shape index (κ1) is 12.5. The lowest BCUT2D eigenvalue weighted by Crippen LogP contribution is -2.51. The fraction of sp³-hybridized carbons (Fsp3) is 0.917. The number of hydrogen-bond acceptors (Lipinski definition) is 2. The summed E-state index contributed by atoms with van der Waals surface area (Å²) >= 11 is 0. The third kappa shape index (κ3) is 3.49. The highest BCUT2D eigenvalue weighted by molar-refractivity contribution is 5.81. The largest absolute Gasteiger partial charge is 0.355 e. The standard InChI is InChI=1S/C12H24N2O/c1-5-13-12(15)9(4)14-11-6-10(7-11)8(2)3/h8-11,14H,5-7H2,1-4H3,(H,13,15). The fourth-order valence-corrected chi connectivity index (χ4v) is 2.10. The van der Waals surface area contributed by atoms with Gasteiger partial charge in [-0.1, -0.05) is 13.8 Å². The van der Waals surface area contributed by atoms with Gasteiger partial charge in [0.2, 0.25) is 5.91 Å². The molecular weight excluding hydrogens is 188 g/mol. The highest BCUT2D eigenvalue weighted by Gasteiger charge is 2.32. The molecule has 1 aliphatic rings. The van der Waals surface area contributed by atoms with E-state index in [0.717, 1.165) is 11.8 Å². The van der Waals surface area contributed by atoms with Gasteiger partial charge in [-0.05, 0) is 38.5 Å². The quantitative estimate of drug-likeness (QED) is 0.725. The lowest BCUT2D eigenvalue weighted by molar-refractivity contribution is -0.123. The van der Waals surface area contributed by atoms with E-state index in [1.807, 2.05) is 13.8 Å². The van der Waals surface area contributed by atoms with E-state index in [1.54, 1.807) is 0 Å². The fourth-order valence-electron chi connectivity index (χ4n) is 2.10. The molecule has 1 amide bonds. The Labute approximate surface area is 93.0 Å². The molecule has 0 aromatic carbocycles. The van der Waals surface area contributed by atoms with E-state index >= 15 is 0 Å². The maximum Gasteiger partial charge on any atom is 0.236 e. The maximum absolute atomic E-state index is 11.5. The van der Waals surface area contributed by atoms with E-state index in [1.165, 1.54) is 12.8 Å². The van der Waals surface area contributed by atoms with Crippen molar-refractivity contribution in [2.75, 3.05) is 6.54 Å². The van der Waals surface area contributed by atoms with E-state index in [2.05, 4.69) is 24.5 Å². The molecule has 1 aliphatic carbocycles. The van der Waals surface area contributed by atoms with Crippen LogP contribution < -0.4 is 10.6 Å². The van der Waals surface area contributed by atoms with Gasteiger partial charge in [-0.15, -0.1) is 0 Å². The number of nitrogens with one attached hydrogen (secondary N) is 2. The molecule has 1 unspecified atom stereocenters. The van der Waals surface area contributed by atoms with Crippen LogP contribution in [0, 0.1) is 11.8 Å². The smallest absolute Gasteiger partial charge is 0.236 e. The Morgan fingerprint density at radius 3 is 2.40 bits per heavy atom. The molecule has 0 radical (unpaired) electrons. The summed E-state index contributed by atoms with van der Waals surface area (Å²) in [5.74, 6) is 1.75. The first-order valence-electron chi connectivity index (χ1n) is 6.08. The van der Waals surface area contributed by atoms with Crippen LogP contribution in [0.4, 0.5) is 0 Å². The highest BCUT2D eigenvalue weighted by Crippen LogP contribution is 2.33. The van der Waals surface area contributed by atoms with Crippen molar-refractivity contribution in [2.45, 2.75) is 52.6 Å².